The average Bonchev–Trinajstić information content (AvgIpc) is 2.39. The average molecular weight is 296 g/mol. The smallest absolute Gasteiger partial charge is 0.287 e. The zero-order valence-electron chi connectivity index (χ0n) is 10.5. The van der Waals surface area contributed by atoms with E-state index in [1.54, 1.807) is 13.0 Å². The molecule has 2 aromatic rings. The predicted octanol–water partition coefficient (Wildman–Crippen LogP) is 3.96. The van der Waals surface area contributed by atoms with E-state index in [-0.39, 0.29) is 5.69 Å². The first-order valence-corrected chi connectivity index (χ1v) is 6.17. The van der Waals surface area contributed by atoms with Crippen molar-refractivity contribution in [1.29, 1.82) is 0 Å². The van der Waals surface area contributed by atoms with Gasteiger partial charge in [0.2, 0.25) is 0 Å². The molecular weight excluding hydrogens is 285 g/mol. The minimum absolute atomic E-state index is 0.105. The maximum Gasteiger partial charge on any atom is 0.287 e. The Hall–Kier alpha value is -2.21. The molecule has 0 spiro atoms. The molecule has 0 saturated carbocycles. The Kier molecular flexibility index (Phi) is 4.14. The number of halogens is 2. The monoisotopic (exact) mass is 295 g/mol. The van der Waals surface area contributed by atoms with Crippen LogP contribution in [-0.2, 0) is 0 Å². The van der Waals surface area contributed by atoms with Crippen molar-refractivity contribution in [3.63, 3.8) is 0 Å². The molecule has 2 rings (SSSR count). The summed E-state index contributed by atoms with van der Waals surface area (Å²) in [5.41, 5.74) is 0.224. The maximum atomic E-state index is 13.7. The number of nitro groups is 1. The number of aromatic nitrogens is 1. The van der Waals surface area contributed by atoms with Crippen molar-refractivity contribution >= 4 is 23.1 Å². The van der Waals surface area contributed by atoms with Crippen LogP contribution >= 0.6 is 11.6 Å². The third kappa shape index (κ3) is 3.03. The molecule has 0 aliphatic carbocycles. The lowest BCUT2D eigenvalue weighted by atomic mass is 10.1. The van der Waals surface area contributed by atoms with Crippen molar-refractivity contribution < 1.29 is 9.31 Å². The van der Waals surface area contributed by atoms with Gasteiger partial charge in [-0.25, -0.2) is 9.37 Å². The molecule has 0 radical (unpaired) electrons. The predicted molar refractivity (Wildman–Crippen MR) is 74.3 cm³/mol. The van der Waals surface area contributed by atoms with Crippen molar-refractivity contribution in [3.8, 4) is 0 Å². The number of hydrogen-bond donors (Lipinski definition) is 1. The number of nitrogens with one attached hydrogen (secondary N) is 1. The zero-order chi connectivity index (χ0) is 14.7. The highest BCUT2D eigenvalue weighted by atomic mass is 35.5. The number of pyridine rings is 1. The van der Waals surface area contributed by atoms with Gasteiger partial charge in [-0.3, -0.25) is 10.1 Å². The zero-order valence-corrected chi connectivity index (χ0v) is 11.3. The van der Waals surface area contributed by atoms with Gasteiger partial charge in [-0.05, 0) is 25.1 Å². The van der Waals surface area contributed by atoms with Crippen LogP contribution in [0.3, 0.4) is 0 Å². The Morgan fingerprint density at radius 1 is 1.40 bits per heavy atom. The molecule has 1 unspecified atom stereocenters. The van der Waals surface area contributed by atoms with Crippen LogP contribution in [0.4, 0.5) is 15.9 Å². The van der Waals surface area contributed by atoms with E-state index in [9.17, 15) is 14.5 Å². The summed E-state index contributed by atoms with van der Waals surface area (Å²) in [5, 5.41) is 13.8. The summed E-state index contributed by atoms with van der Waals surface area (Å²) in [4.78, 5) is 13.9. The Morgan fingerprint density at radius 3 is 2.70 bits per heavy atom. The Balaban J connectivity index is 2.19. The van der Waals surface area contributed by atoms with E-state index in [4.69, 9.17) is 11.6 Å². The minimum Gasteiger partial charge on any atom is -0.363 e. The lowest BCUT2D eigenvalue weighted by Gasteiger charge is -2.16. The second kappa shape index (κ2) is 5.83. The van der Waals surface area contributed by atoms with Crippen LogP contribution in [0.2, 0.25) is 5.02 Å². The second-order valence-electron chi connectivity index (χ2n) is 4.16. The first kappa shape index (κ1) is 14.2. The highest BCUT2D eigenvalue weighted by Gasteiger charge is 2.15. The largest absolute Gasteiger partial charge is 0.363 e. The highest BCUT2D eigenvalue weighted by molar-refractivity contribution is 6.31. The molecule has 1 aromatic carbocycles. The molecule has 1 atom stereocenters. The molecular formula is C13H11ClFN3O2. The fourth-order valence-corrected chi connectivity index (χ4v) is 2.12. The van der Waals surface area contributed by atoms with Crippen LogP contribution in [0.15, 0.2) is 36.5 Å². The standard InChI is InChI=1S/C13H11ClFN3O2/c1-8(13-10(14)3-2-4-11(13)15)17-12-6-5-9(7-16-12)18(19)20/h2-8H,1H3,(H,16,17). The molecule has 104 valence electrons. The third-order valence-corrected chi connectivity index (χ3v) is 3.09. The van der Waals surface area contributed by atoms with Gasteiger partial charge in [0, 0.05) is 16.7 Å². The van der Waals surface area contributed by atoms with Gasteiger partial charge in [0.05, 0.1) is 11.0 Å². The van der Waals surface area contributed by atoms with E-state index in [1.165, 1.54) is 24.3 Å². The van der Waals surface area contributed by atoms with Gasteiger partial charge in [0.1, 0.15) is 17.8 Å². The molecule has 0 aliphatic rings. The third-order valence-electron chi connectivity index (χ3n) is 2.76. The van der Waals surface area contributed by atoms with E-state index in [1.807, 2.05) is 0 Å². The van der Waals surface area contributed by atoms with Crippen molar-refractivity contribution in [2.75, 3.05) is 5.32 Å². The van der Waals surface area contributed by atoms with Gasteiger partial charge in [-0.15, -0.1) is 0 Å². The molecule has 0 amide bonds. The van der Waals surface area contributed by atoms with Crippen molar-refractivity contribution in [2.45, 2.75) is 13.0 Å². The second-order valence-corrected chi connectivity index (χ2v) is 4.57. The highest BCUT2D eigenvalue weighted by Crippen LogP contribution is 2.28. The Bertz CT molecular complexity index is 614. The fraction of sp³-hybridized carbons (Fsp3) is 0.154. The van der Waals surface area contributed by atoms with Gasteiger partial charge in [0.25, 0.3) is 5.69 Å². The van der Waals surface area contributed by atoms with Crippen molar-refractivity contribution in [3.05, 3.63) is 63.0 Å². The van der Waals surface area contributed by atoms with E-state index < -0.39 is 16.8 Å². The molecule has 1 aromatic heterocycles. The molecule has 0 saturated heterocycles. The van der Waals surface area contributed by atoms with Crippen LogP contribution in [0.1, 0.15) is 18.5 Å². The molecule has 20 heavy (non-hydrogen) atoms. The fourth-order valence-electron chi connectivity index (χ4n) is 1.80. The first-order valence-electron chi connectivity index (χ1n) is 5.80. The lowest BCUT2D eigenvalue weighted by Crippen LogP contribution is -2.10. The molecule has 1 heterocycles. The summed E-state index contributed by atoms with van der Waals surface area (Å²) >= 11 is 5.97. The van der Waals surface area contributed by atoms with Crippen molar-refractivity contribution in [1.82, 2.24) is 4.98 Å². The molecule has 0 bridgehead atoms. The van der Waals surface area contributed by atoms with Gasteiger partial charge in [0.15, 0.2) is 0 Å². The normalized spacial score (nSPS) is 11.9. The summed E-state index contributed by atoms with van der Waals surface area (Å²) < 4.78 is 13.7. The van der Waals surface area contributed by atoms with Gasteiger partial charge >= 0.3 is 0 Å². The number of hydrogen-bond acceptors (Lipinski definition) is 4. The summed E-state index contributed by atoms with van der Waals surface area (Å²) in [6.07, 6.45) is 1.14. The number of nitrogens with zero attached hydrogens (tertiary/aromatic N) is 2. The van der Waals surface area contributed by atoms with Gasteiger partial charge in [-0.1, -0.05) is 17.7 Å². The quantitative estimate of drug-likeness (QED) is 0.685. The van der Waals surface area contributed by atoms with E-state index >= 15 is 0 Å². The summed E-state index contributed by atoms with van der Waals surface area (Å²) in [7, 11) is 0. The van der Waals surface area contributed by atoms with E-state index in [0.717, 1.165) is 6.20 Å². The van der Waals surface area contributed by atoms with Crippen LogP contribution < -0.4 is 5.32 Å². The minimum atomic E-state index is -0.534. The van der Waals surface area contributed by atoms with E-state index in [0.29, 0.717) is 16.4 Å². The van der Waals surface area contributed by atoms with Crippen LogP contribution in [-0.4, -0.2) is 9.91 Å². The Labute approximate surface area is 119 Å². The van der Waals surface area contributed by atoms with E-state index in [2.05, 4.69) is 10.3 Å². The molecule has 1 N–H and O–H groups in total. The van der Waals surface area contributed by atoms with Crippen LogP contribution in [0.25, 0.3) is 0 Å². The topological polar surface area (TPSA) is 68.1 Å². The number of rotatable bonds is 4. The maximum absolute atomic E-state index is 13.7. The summed E-state index contributed by atoms with van der Waals surface area (Å²) in [6.45, 7) is 1.73. The molecule has 7 heteroatoms. The molecule has 0 aliphatic heterocycles. The SMILES string of the molecule is CC(Nc1ccc([N+](=O)[O-])cn1)c1c(F)cccc1Cl. The molecule has 0 fully saturated rings. The van der Waals surface area contributed by atoms with Crippen LogP contribution in [0, 0.1) is 15.9 Å². The van der Waals surface area contributed by atoms with Crippen LogP contribution in [0.5, 0.6) is 0 Å². The number of anilines is 1. The van der Waals surface area contributed by atoms with Gasteiger partial charge < -0.3 is 5.32 Å². The molecule has 5 nitrogen and oxygen atoms in total. The first-order chi connectivity index (χ1) is 9.49. The lowest BCUT2D eigenvalue weighted by molar-refractivity contribution is -0.385. The summed E-state index contributed by atoms with van der Waals surface area (Å²) in [5.74, 6) is -0.0122. The van der Waals surface area contributed by atoms with Gasteiger partial charge in [-0.2, -0.15) is 0 Å². The van der Waals surface area contributed by atoms with Crippen molar-refractivity contribution in [2.24, 2.45) is 0 Å². The Morgan fingerprint density at radius 2 is 2.15 bits per heavy atom. The summed E-state index contributed by atoms with van der Waals surface area (Å²) in [6, 6.07) is 6.81. The number of benzene rings is 1.